The molecule has 0 saturated carbocycles. The molecule has 20 heavy (non-hydrogen) atoms. The first-order chi connectivity index (χ1) is 9.81. The number of fused-ring (bicyclic) bond motifs is 3. The van der Waals surface area contributed by atoms with Crippen molar-refractivity contribution < 1.29 is 0 Å². The van der Waals surface area contributed by atoms with Crippen molar-refractivity contribution in [2.75, 3.05) is 5.73 Å². The van der Waals surface area contributed by atoms with Gasteiger partial charge in [0.05, 0.1) is 0 Å². The molecule has 3 rings (SSSR count). The average Bonchev–Trinajstić information content (AvgIpc) is 2.85. The topological polar surface area (TPSA) is 26.0 Å². The van der Waals surface area contributed by atoms with Crippen LogP contribution in [0.25, 0.3) is 11.1 Å². The van der Waals surface area contributed by atoms with E-state index in [1.807, 2.05) is 0 Å². The molecule has 1 aliphatic carbocycles. The van der Waals surface area contributed by atoms with E-state index >= 15 is 0 Å². The molecule has 0 aliphatic heterocycles. The molecule has 0 bridgehead atoms. The molecule has 0 radical (unpaired) electrons. The van der Waals surface area contributed by atoms with E-state index in [1.165, 1.54) is 53.5 Å². The van der Waals surface area contributed by atoms with Crippen molar-refractivity contribution in [1.29, 1.82) is 0 Å². The van der Waals surface area contributed by atoms with Crippen LogP contribution in [0.1, 0.15) is 49.3 Å². The standard InChI is InChI=1S/C19H23N/c1-2-3-4-5-8-14-11-12-17-16-10-7-6-9-15(16)13-18(17)19(14)20/h6-7,9-12H,2-5,8,13,20H2,1H3. The number of aryl methyl sites for hydroxylation is 1. The fraction of sp³-hybridized carbons (Fsp3) is 0.368. The van der Waals surface area contributed by atoms with Crippen LogP contribution >= 0.6 is 0 Å². The van der Waals surface area contributed by atoms with E-state index in [-0.39, 0.29) is 0 Å². The van der Waals surface area contributed by atoms with Gasteiger partial charge in [-0.3, -0.25) is 0 Å². The zero-order valence-electron chi connectivity index (χ0n) is 12.3. The SMILES string of the molecule is CCCCCCc1ccc2c(c1N)Cc1ccccc1-2. The molecule has 0 atom stereocenters. The first-order valence-electron chi connectivity index (χ1n) is 7.79. The molecular weight excluding hydrogens is 242 g/mol. The number of nitrogens with two attached hydrogens (primary N) is 1. The highest BCUT2D eigenvalue weighted by molar-refractivity contribution is 5.82. The van der Waals surface area contributed by atoms with E-state index in [2.05, 4.69) is 43.3 Å². The molecule has 1 heteroatoms. The molecule has 0 amide bonds. The number of rotatable bonds is 5. The number of unbranched alkanes of at least 4 members (excludes halogenated alkanes) is 3. The highest BCUT2D eigenvalue weighted by Gasteiger charge is 2.21. The van der Waals surface area contributed by atoms with Gasteiger partial charge in [-0.05, 0) is 40.7 Å². The molecule has 0 aromatic heterocycles. The molecule has 2 aromatic rings. The molecule has 2 aromatic carbocycles. The highest BCUT2D eigenvalue weighted by atomic mass is 14.6. The summed E-state index contributed by atoms with van der Waals surface area (Å²) in [6.07, 6.45) is 7.30. The highest BCUT2D eigenvalue weighted by Crippen LogP contribution is 2.40. The third kappa shape index (κ3) is 2.33. The maximum Gasteiger partial charge on any atom is 0.0388 e. The molecule has 1 nitrogen and oxygen atoms in total. The van der Waals surface area contributed by atoms with Gasteiger partial charge in [-0.2, -0.15) is 0 Å². The third-order valence-corrected chi connectivity index (χ3v) is 4.42. The van der Waals surface area contributed by atoms with Crippen LogP contribution in [0.15, 0.2) is 36.4 Å². The van der Waals surface area contributed by atoms with E-state index in [0.717, 1.165) is 18.5 Å². The molecule has 0 saturated heterocycles. The Morgan fingerprint density at radius 3 is 2.65 bits per heavy atom. The van der Waals surface area contributed by atoms with Gasteiger partial charge in [0.25, 0.3) is 0 Å². The van der Waals surface area contributed by atoms with E-state index in [9.17, 15) is 0 Å². The van der Waals surface area contributed by atoms with Gasteiger partial charge in [0, 0.05) is 12.1 Å². The van der Waals surface area contributed by atoms with Gasteiger partial charge in [-0.1, -0.05) is 62.6 Å². The van der Waals surface area contributed by atoms with Gasteiger partial charge in [0.1, 0.15) is 0 Å². The molecule has 0 fully saturated rings. The van der Waals surface area contributed by atoms with E-state index in [4.69, 9.17) is 5.73 Å². The predicted octanol–water partition coefficient (Wildman–Crippen LogP) is 4.96. The lowest BCUT2D eigenvalue weighted by atomic mass is 9.97. The van der Waals surface area contributed by atoms with Crippen molar-refractivity contribution in [3.8, 4) is 11.1 Å². The summed E-state index contributed by atoms with van der Waals surface area (Å²) in [5.74, 6) is 0. The summed E-state index contributed by atoms with van der Waals surface area (Å²) in [4.78, 5) is 0. The van der Waals surface area contributed by atoms with Crippen LogP contribution in [-0.2, 0) is 12.8 Å². The van der Waals surface area contributed by atoms with Crippen molar-refractivity contribution in [1.82, 2.24) is 0 Å². The lowest BCUT2D eigenvalue weighted by Gasteiger charge is -2.11. The molecular formula is C19H23N. The summed E-state index contributed by atoms with van der Waals surface area (Å²) in [6, 6.07) is 13.2. The van der Waals surface area contributed by atoms with Crippen LogP contribution < -0.4 is 5.73 Å². The van der Waals surface area contributed by atoms with Gasteiger partial charge in [0.2, 0.25) is 0 Å². The fourth-order valence-corrected chi connectivity index (χ4v) is 3.24. The molecule has 0 unspecified atom stereocenters. The van der Waals surface area contributed by atoms with Gasteiger partial charge in [0.15, 0.2) is 0 Å². The Kier molecular flexibility index (Phi) is 3.77. The number of benzene rings is 2. The fourth-order valence-electron chi connectivity index (χ4n) is 3.24. The van der Waals surface area contributed by atoms with Crippen molar-refractivity contribution >= 4 is 5.69 Å². The zero-order chi connectivity index (χ0) is 13.9. The lowest BCUT2D eigenvalue weighted by molar-refractivity contribution is 0.667. The van der Waals surface area contributed by atoms with Crippen molar-refractivity contribution in [3.05, 3.63) is 53.1 Å². The third-order valence-electron chi connectivity index (χ3n) is 4.42. The lowest BCUT2D eigenvalue weighted by Crippen LogP contribution is -1.99. The van der Waals surface area contributed by atoms with Crippen LogP contribution in [0.5, 0.6) is 0 Å². The molecule has 1 aliphatic rings. The van der Waals surface area contributed by atoms with Crippen molar-refractivity contribution in [2.24, 2.45) is 0 Å². The normalized spacial score (nSPS) is 12.2. The Bertz CT molecular complexity index is 613. The zero-order valence-corrected chi connectivity index (χ0v) is 12.3. The van der Waals surface area contributed by atoms with Crippen LogP contribution in [0, 0.1) is 0 Å². The first kappa shape index (κ1) is 13.2. The van der Waals surface area contributed by atoms with Crippen LogP contribution in [0.3, 0.4) is 0 Å². The van der Waals surface area contributed by atoms with Crippen LogP contribution in [0.4, 0.5) is 5.69 Å². The second-order valence-corrected chi connectivity index (χ2v) is 5.81. The second kappa shape index (κ2) is 5.70. The monoisotopic (exact) mass is 265 g/mol. The minimum Gasteiger partial charge on any atom is -0.398 e. The molecule has 0 spiro atoms. The minimum absolute atomic E-state index is 1.00. The number of hydrogen-bond acceptors (Lipinski definition) is 1. The Morgan fingerprint density at radius 2 is 1.80 bits per heavy atom. The van der Waals surface area contributed by atoms with Gasteiger partial charge >= 0.3 is 0 Å². The molecule has 104 valence electrons. The maximum absolute atomic E-state index is 6.43. The average molecular weight is 265 g/mol. The number of hydrogen-bond donors (Lipinski definition) is 1. The Balaban J connectivity index is 1.83. The summed E-state index contributed by atoms with van der Waals surface area (Å²) in [5.41, 5.74) is 14.3. The number of anilines is 1. The van der Waals surface area contributed by atoms with Crippen molar-refractivity contribution in [3.63, 3.8) is 0 Å². The summed E-state index contributed by atoms with van der Waals surface area (Å²) in [5, 5.41) is 0. The van der Waals surface area contributed by atoms with Gasteiger partial charge < -0.3 is 5.73 Å². The maximum atomic E-state index is 6.43. The van der Waals surface area contributed by atoms with Crippen molar-refractivity contribution in [2.45, 2.75) is 45.4 Å². The Hall–Kier alpha value is -1.76. The van der Waals surface area contributed by atoms with Gasteiger partial charge in [-0.25, -0.2) is 0 Å². The summed E-state index contributed by atoms with van der Waals surface area (Å²) in [7, 11) is 0. The van der Waals surface area contributed by atoms with E-state index in [0.29, 0.717) is 0 Å². The van der Waals surface area contributed by atoms with Gasteiger partial charge in [-0.15, -0.1) is 0 Å². The second-order valence-electron chi connectivity index (χ2n) is 5.81. The Labute approximate surface area is 121 Å². The van der Waals surface area contributed by atoms with E-state index < -0.39 is 0 Å². The smallest absolute Gasteiger partial charge is 0.0388 e. The quantitative estimate of drug-likeness (QED) is 0.512. The minimum atomic E-state index is 1.00. The molecule has 0 heterocycles. The van der Waals surface area contributed by atoms with E-state index in [1.54, 1.807) is 0 Å². The summed E-state index contributed by atoms with van der Waals surface area (Å²) >= 11 is 0. The predicted molar refractivity (Wildman–Crippen MR) is 86.9 cm³/mol. The number of nitrogen functional groups attached to an aromatic ring is 1. The largest absolute Gasteiger partial charge is 0.398 e. The summed E-state index contributed by atoms with van der Waals surface area (Å²) < 4.78 is 0. The first-order valence-corrected chi connectivity index (χ1v) is 7.79. The van der Waals surface area contributed by atoms with Crippen LogP contribution in [-0.4, -0.2) is 0 Å². The summed E-state index contributed by atoms with van der Waals surface area (Å²) in [6.45, 7) is 2.25. The molecule has 2 N–H and O–H groups in total. The van der Waals surface area contributed by atoms with Crippen LogP contribution in [0.2, 0.25) is 0 Å². The Morgan fingerprint density at radius 1 is 0.950 bits per heavy atom.